The van der Waals surface area contributed by atoms with Gasteiger partial charge in [-0.3, -0.25) is 5.32 Å². The van der Waals surface area contributed by atoms with Crippen molar-refractivity contribution in [2.75, 3.05) is 5.32 Å². The standard InChI is InChI=1S/C17H13ClN4OS2/c1-9-20-14-13(24-9)7-6-12-15(14)25-17(21-12)22-16(23)19-8-10-2-4-11(18)5-3-10/h2-7H,8H2,1H3,(H2,19,21,22,23). The minimum absolute atomic E-state index is 0.292. The van der Waals surface area contributed by atoms with Crippen molar-refractivity contribution in [1.29, 1.82) is 0 Å². The third-order valence-electron chi connectivity index (χ3n) is 3.61. The van der Waals surface area contributed by atoms with Crippen LogP contribution in [0.4, 0.5) is 9.93 Å². The first-order chi connectivity index (χ1) is 12.1. The molecule has 0 aliphatic rings. The van der Waals surface area contributed by atoms with Crippen molar-refractivity contribution in [3.05, 3.63) is 52.0 Å². The second kappa shape index (κ2) is 6.59. The Balaban J connectivity index is 1.49. The molecule has 0 aliphatic carbocycles. The number of hydrogen-bond donors (Lipinski definition) is 2. The normalized spacial score (nSPS) is 11.1. The molecule has 0 atom stereocenters. The van der Waals surface area contributed by atoms with Gasteiger partial charge in [0, 0.05) is 11.6 Å². The summed E-state index contributed by atoms with van der Waals surface area (Å²) in [7, 11) is 0. The van der Waals surface area contributed by atoms with E-state index in [9.17, 15) is 4.79 Å². The predicted octanol–water partition coefficient (Wildman–Crippen LogP) is 5.19. The van der Waals surface area contributed by atoms with Crippen molar-refractivity contribution < 1.29 is 4.79 Å². The van der Waals surface area contributed by atoms with Gasteiger partial charge in [0.05, 0.1) is 19.9 Å². The van der Waals surface area contributed by atoms with Crippen LogP contribution in [0.5, 0.6) is 0 Å². The van der Waals surface area contributed by atoms with Gasteiger partial charge in [0.15, 0.2) is 5.13 Å². The number of fused-ring (bicyclic) bond motifs is 3. The minimum atomic E-state index is -0.292. The molecule has 25 heavy (non-hydrogen) atoms. The van der Waals surface area contributed by atoms with E-state index in [1.807, 2.05) is 31.2 Å². The van der Waals surface area contributed by atoms with E-state index in [1.54, 1.807) is 23.5 Å². The van der Waals surface area contributed by atoms with E-state index in [1.165, 1.54) is 11.3 Å². The van der Waals surface area contributed by atoms with Crippen LogP contribution >= 0.6 is 34.3 Å². The van der Waals surface area contributed by atoms with Crippen LogP contribution in [0.25, 0.3) is 20.4 Å². The van der Waals surface area contributed by atoms with Gasteiger partial charge in [-0.15, -0.1) is 11.3 Å². The highest BCUT2D eigenvalue weighted by atomic mass is 35.5. The lowest BCUT2D eigenvalue weighted by atomic mass is 10.2. The molecule has 126 valence electrons. The van der Waals surface area contributed by atoms with Crippen LogP contribution in [0.15, 0.2) is 36.4 Å². The van der Waals surface area contributed by atoms with Crippen LogP contribution in [-0.2, 0) is 6.54 Å². The number of hydrogen-bond acceptors (Lipinski definition) is 5. The molecule has 0 radical (unpaired) electrons. The van der Waals surface area contributed by atoms with Gasteiger partial charge in [0.1, 0.15) is 5.52 Å². The van der Waals surface area contributed by atoms with E-state index < -0.39 is 0 Å². The fourth-order valence-corrected chi connectivity index (χ4v) is 4.44. The van der Waals surface area contributed by atoms with Crippen molar-refractivity contribution in [3.8, 4) is 0 Å². The summed E-state index contributed by atoms with van der Waals surface area (Å²) in [4.78, 5) is 21.1. The second-order valence-corrected chi connectivity index (χ2v) is 8.12. The highest BCUT2D eigenvalue weighted by Gasteiger charge is 2.12. The Morgan fingerprint density at radius 3 is 2.72 bits per heavy atom. The molecule has 2 N–H and O–H groups in total. The Labute approximate surface area is 156 Å². The molecule has 4 aromatic rings. The number of amides is 2. The minimum Gasteiger partial charge on any atom is -0.334 e. The summed E-state index contributed by atoms with van der Waals surface area (Å²) in [6.07, 6.45) is 0. The van der Waals surface area contributed by atoms with Crippen molar-refractivity contribution in [3.63, 3.8) is 0 Å². The Hall–Kier alpha value is -2.22. The van der Waals surface area contributed by atoms with E-state index in [0.717, 1.165) is 31.0 Å². The van der Waals surface area contributed by atoms with Gasteiger partial charge in [-0.1, -0.05) is 35.1 Å². The second-order valence-electron chi connectivity index (χ2n) is 5.45. The maximum Gasteiger partial charge on any atom is 0.321 e. The van der Waals surface area contributed by atoms with Gasteiger partial charge in [0.25, 0.3) is 0 Å². The number of nitrogens with zero attached hydrogens (tertiary/aromatic N) is 2. The number of thiazole rings is 2. The Bertz CT molecular complexity index is 1070. The number of aryl methyl sites for hydroxylation is 1. The molecule has 0 bridgehead atoms. The van der Waals surface area contributed by atoms with Crippen molar-refractivity contribution in [1.82, 2.24) is 15.3 Å². The fraction of sp³-hybridized carbons (Fsp3) is 0.118. The maximum absolute atomic E-state index is 12.1. The number of urea groups is 1. The van der Waals surface area contributed by atoms with Gasteiger partial charge in [-0.25, -0.2) is 14.8 Å². The highest BCUT2D eigenvalue weighted by molar-refractivity contribution is 7.24. The molecular formula is C17H13ClN4OS2. The molecular weight excluding hydrogens is 376 g/mol. The Morgan fingerprint density at radius 1 is 1.12 bits per heavy atom. The molecule has 0 unspecified atom stereocenters. The van der Waals surface area contributed by atoms with Crippen molar-refractivity contribution >= 4 is 65.9 Å². The largest absolute Gasteiger partial charge is 0.334 e. The molecule has 0 aliphatic heterocycles. The predicted molar refractivity (Wildman–Crippen MR) is 105 cm³/mol. The number of nitrogens with one attached hydrogen (secondary N) is 2. The van der Waals surface area contributed by atoms with Crippen molar-refractivity contribution in [2.24, 2.45) is 0 Å². The summed E-state index contributed by atoms with van der Waals surface area (Å²) in [5.41, 5.74) is 2.77. The topological polar surface area (TPSA) is 66.9 Å². The Morgan fingerprint density at radius 2 is 1.92 bits per heavy atom. The van der Waals surface area contributed by atoms with Gasteiger partial charge in [-0.2, -0.15) is 0 Å². The molecule has 4 rings (SSSR count). The molecule has 2 aromatic carbocycles. The van der Waals surface area contributed by atoms with Crippen LogP contribution in [0.2, 0.25) is 5.02 Å². The molecule has 0 saturated carbocycles. The number of aromatic nitrogens is 2. The van der Waals surface area contributed by atoms with Crippen LogP contribution in [0, 0.1) is 6.92 Å². The lowest BCUT2D eigenvalue weighted by Gasteiger charge is -2.05. The summed E-state index contributed by atoms with van der Waals surface area (Å²) < 4.78 is 2.13. The first kappa shape index (κ1) is 16.3. The molecule has 0 spiro atoms. The number of halogens is 1. The summed E-state index contributed by atoms with van der Waals surface area (Å²) in [6, 6.07) is 11.0. The average molecular weight is 389 g/mol. The number of carbonyl (C=O) groups is 1. The third kappa shape index (κ3) is 3.44. The van der Waals surface area contributed by atoms with Crippen LogP contribution in [0.1, 0.15) is 10.6 Å². The SMILES string of the molecule is Cc1nc2c(ccc3nc(NC(=O)NCc4ccc(Cl)cc4)sc32)s1. The van der Waals surface area contributed by atoms with Crippen LogP contribution in [0.3, 0.4) is 0 Å². The molecule has 2 aromatic heterocycles. The molecule has 2 heterocycles. The van der Waals surface area contributed by atoms with Gasteiger partial charge < -0.3 is 5.32 Å². The maximum atomic E-state index is 12.1. The van der Waals surface area contributed by atoms with Gasteiger partial charge in [-0.05, 0) is 36.8 Å². The van der Waals surface area contributed by atoms with Gasteiger partial charge >= 0.3 is 6.03 Å². The first-order valence-electron chi connectivity index (χ1n) is 7.54. The number of carbonyl (C=O) groups excluding carboxylic acids is 1. The zero-order valence-electron chi connectivity index (χ0n) is 13.2. The molecule has 0 saturated heterocycles. The number of benzene rings is 2. The van der Waals surface area contributed by atoms with Crippen LogP contribution < -0.4 is 10.6 Å². The first-order valence-corrected chi connectivity index (χ1v) is 9.55. The molecule has 2 amide bonds. The zero-order chi connectivity index (χ0) is 17.4. The average Bonchev–Trinajstić information content (AvgIpc) is 3.16. The summed E-state index contributed by atoms with van der Waals surface area (Å²) >= 11 is 8.94. The summed E-state index contributed by atoms with van der Waals surface area (Å²) in [5, 5.41) is 7.85. The summed E-state index contributed by atoms with van der Waals surface area (Å²) in [6.45, 7) is 2.41. The van der Waals surface area contributed by atoms with Crippen molar-refractivity contribution in [2.45, 2.75) is 13.5 Å². The number of anilines is 1. The fourth-order valence-electron chi connectivity index (χ4n) is 2.47. The van der Waals surface area contributed by atoms with E-state index in [-0.39, 0.29) is 6.03 Å². The third-order valence-corrected chi connectivity index (χ3v) is 5.79. The summed E-state index contributed by atoms with van der Waals surface area (Å²) in [5.74, 6) is 0. The molecule has 5 nitrogen and oxygen atoms in total. The highest BCUT2D eigenvalue weighted by Crippen LogP contribution is 2.34. The smallest absolute Gasteiger partial charge is 0.321 e. The van der Waals surface area contributed by atoms with Gasteiger partial charge in [0.2, 0.25) is 0 Å². The van der Waals surface area contributed by atoms with Crippen LogP contribution in [-0.4, -0.2) is 16.0 Å². The van der Waals surface area contributed by atoms with E-state index in [0.29, 0.717) is 16.7 Å². The monoisotopic (exact) mass is 388 g/mol. The van der Waals surface area contributed by atoms with E-state index in [2.05, 4.69) is 20.6 Å². The Kier molecular flexibility index (Phi) is 4.29. The molecule has 8 heteroatoms. The van der Waals surface area contributed by atoms with E-state index >= 15 is 0 Å². The quantitative estimate of drug-likeness (QED) is 0.507. The lowest BCUT2D eigenvalue weighted by molar-refractivity contribution is 0.251. The van der Waals surface area contributed by atoms with E-state index in [4.69, 9.17) is 11.6 Å². The zero-order valence-corrected chi connectivity index (χ0v) is 15.6. The lowest BCUT2D eigenvalue weighted by Crippen LogP contribution is -2.28. The number of rotatable bonds is 3. The molecule has 0 fully saturated rings.